The Morgan fingerprint density at radius 1 is 1.09 bits per heavy atom. The fourth-order valence-corrected chi connectivity index (χ4v) is 4.46. The molecule has 5 rings (SSSR count). The molecule has 1 amide bonds. The maximum Gasteiger partial charge on any atom is 0.328 e. The molecule has 0 saturated carbocycles. The third kappa shape index (κ3) is 3.81. The molecule has 34 heavy (non-hydrogen) atoms. The quantitative estimate of drug-likeness (QED) is 0.450. The van der Waals surface area contributed by atoms with Crippen LogP contribution < -0.4 is 16.0 Å². The SMILES string of the molecule is Nc1ncc(-c2ccc(N3CCOCC3)c([N+](=O)[O-])c2F)cc1-c1ccc2c(c1)CCNC2=O. The van der Waals surface area contributed by atoms with Gasteiger partial charge in [0.25, 0.3) is 5.91 Å². The Hall–Kier alpha value is -4.05. The van der Waals surface area contributed by atoms with E-state index in [2.05, 4.69) is 10.3 Å². The Bertz CT molecular complexity index is 1310. The van der Waals surface area contributed by atoms with Crippen LogP contribution in [0.25, 0.3) is 22.3 Å². The molecule has 0 spiro atoms. The number of carbonyl (C=O) groups excluding carboxylic acids is 1. The summed E-state index contributed by atoms with van der Waals surface area (Å²) in [5, 5.41) is 14.6. The lowest BCUT2D eigenvalue weighted by Crippen LogP contribution is -2.36. The number of fused-ring (bicyclic) bond motifs is 1. The van der Waals surface area contributed by atoms with E-state index in [1.165, 1.54) is 12.3 Å². The van der Waals surface area contributed by atoms with Crippen LogP contribution in [0, 0.1) is 15.9 Å². The second kappa shape index (κ2) is 8.71. The minimum Gasteiger partial charge on any atom is -0.383 e. The first-order valence-electron chi connectivity index (χ1n) is 10.9. The molecule has 1 aromatic heterocycles. The summed E-state index contributed by atoms with van der Waals surface area (Å²) in [5.74, 6) is -0.806. The molecule has 3 N–H and O–H groups in total. The number of pyridine rings is 1. The average molecular weight is 463 g/mol. The van der Waals surface area contributed by atoms with Crippen LogP contribution in [0.5, 0.6) is 0 Å². The highest BCUT2D eigenvalue weighted by Gasteiger charge is 2.29. The summed E-state index contributed by atoms with van der Waals surface area (Å²) in [7, 11) is 0. The molecule has 1 fully saturated rings. The lowest BCUT2D eigenvalue weighted by atomic mass is 9.94. The molecule has 2 aliphatic heterocycles. The van der Waals surface area contributed by atoms with Gasteiger partial charge in [-0.05, 0) is 41.8 Å². The number of carbonyl (C=O) groups is 1. The molecule has 0 atom stereocenters. The smallest absolute Gasteiger partial charge is 0.328 e. The van der Waals surface area contributed by atoms with Crippen LogP contribution in [0.2, 0.25) is 0 Å². The molecule has 174 valence electrons. The molecule has 3 heterocycles. The second-order valence-corrected chi connectivity index (χ2v) is 8.19. The van der Waals surface area contributed by atoms with Gasteiger partial charge in [0.1, 0.15) is 11.5 Å². The summed E-state index contributed by atoms with van der Waals surface area (Å²) >= 11 is 0. The number of nitrogens with two attached hydrogens (primary N) is 1. The highest BCUT2D eigenvalue weighted by molar-refractivity contribution is 5.97. The van der Waals surface area contributed by atoms with Gasteiger partial charge in [0.05, 0.1) is 18.1 Å². The largest absolute Gasteiger partial charge is 0.383 e. The number of halogens is 1. The fraction of sp³-hybridized carbons (Fsp3) is 0.250. The summed E-state index contributed by atoms with van der Waals surface area (Å²) in [4.78, 5) is 29.1. The molecule has 0 radical (unpaired) electrons. The average Bonchev–Trinajstić information content (AvgIpc) is 2.84. The van der Waals surface area contributed by atoms with Gasteiger partial charge in [0.2, 0.25) is 5.82 Å². The summed E-state index contributed by atoms with van der Waals surface area (Å²) < 4.78 is 20.8. The highest BCUT2D eigenvalue weighted by atomic mass is 19.1. The number of ether oxygens (including phenoxy) is 1. The predicted molar refractivity (Wildman–Crippen MR) is 125 cm³/mol. The molecular formula is C24H22FN5O4. The van der Waals surface area contributed by atoms with Gasteiger partial charge in [0.15, 0.2) is 0 Å². The van der Waals surface area contributed by atoms with Crippen molar-refractivity contribution >= 4 is 23.1 Å². The Labute approximate surface area is 194 Å². The number of hydrogen-bond acceptors (Lipinski definition) is 7. The van der Waals surface area contributed by atoms with Gasteiger partial charge in [-0.1, -0.05) is 12.1 Å². The molecule has 3 aromatic rings. The Balaban J connectivity index is 1.58. The van der Waals surface area contributed by atoms with Crippen LogP contribution in [0.15, 0.2) is 42.6 Å². The molecule has 9 nitrogen and oxygen atoms in total. The van der Waals surface area contributed by atoms with Crippen molar-refractivity contribution in [2.24, 2.45) is 0 Å². The first-order chi connectivity index (χ1) is 16.4. The van der Waals surface area contributed by atoms with E-state index in [0.717, 1.165) is 11.1 Å². The van der Waals surface area contributed by atoms with Crippen LogP contribution in [-0.2, 0) is 11.2 Å². The summed E-state index contributed by atoms with van der Waals surface area (Å²) in [5.41, 5.74) is 9.02. The minimum absolute atomic E-state index is 0.0646. The van der Waals surface area contributed by atoms with E-state index in [4.69, 9.17) is 10.5 Å². The van der Waals surface area contributed by atoms with Gasteiger partial charge >= 0.3 is 5.69 Å². The topological polar surface area (TPSA) is 124 Å². The van der Waals surface area contributed by atoms with Crippen LogP contribution in [0.4, 0.5) is 21.6 Å². The Morgan fingerprint density at radius 2 is 1.85 bits per heavy atom. The van der Waals surface area contributed by atoms with Crippen molar-refractivity contribution in [3.05, 3.63) is 69.7 Å². The number of morpholine rings is 1. The first-order valence-corrected chi connectivity index (χ1v) is 10.9. The predicted octanol–water partition coefficient (Wildman–Crippen LogP) is 3.17. The normalized spacial score (nSPS) is 15.6. The molecule has 0 unspecified atom stereocenters. The number of nitro groups is 1. The van der Waals surface area contributed by atoms with Crippen molar-refractivity contribution in [3.8, 4) is 22.3 Å². The number of rotatable bonds is 4. The molecule has 2 aromatic carbocycles. The number of nitrogens with zero attached hydrogens (tertiary/aromatic N) is 3. The van der Waals surface area contributed by atoms with Crippen molar-refractivity contribution in [2.45, 2.75) is 6.42 Å². The summed E-state index contributed by atoms with van der Waals surface area (Å²) in [6.45, 7) is 2.29. The van der Waals surface area contributed by atoms with Crippen LogP contribution in [0.1, 0.15) is 15.9 Å². The van der Waals surface area contributed by atoms with Crippen molar-refractivity contribution in [2.75, 3.05) is 43.5 Å². The van der Waals surface area contributed by atoms with Crippen molar-refractivity contribution in [3.63, 3.8) is 0 Å². The lowest BCUT2D eigenvalue weighted by molar-refractivity contribution is -0.386. The zero-order valence-corrected chi connectivity index (χ0v) is 18.2. The molecule has 10 heteroatoms. The number of benzene rings is 2. The highest BCUT2D eigenvalue weighted by Crippen LogP contribution is 2.39. The molecule has 0 aliphatic carbocycles. The summed E-state index contributed by atoms with van der Waals surface area (Å²) in [6.07, 6.45) is 2.09. The number of anilines is 2. The molecule has 2 aliphatic rings. The number of aromatic nitrogens is 1. The number of nitrogens with one attached hydrogen (secondary N) is 1. The van der Waals surface area contributed by atoms with Crippen LogP contribution in [0.3, 0.4) is 0 Å². The van der Waals surface area contributed by atoms with Crippen molar-refractivity contribution in [1.82, 2.24) is 10.3 Å². The van der Waals surface area contributed by atoms with Crippen LogP contribution >= 0.6 is 0 Å². The number of amides is 1. The van der Waals surface area contributed by atoms with Gasteiger partial charge in [-0.3, -0.25) is 14.9 Å². The summed E-state index contributed by atoms with van der Waals surface area (Å²) in [6, 6.07) is 10.1. The maximum absolute atomic E-state index is 15.5. The standard InChI is InChI=1S/C24H22FN5O4/c25-21-17(3-4-20(22(21)30(32)33)29-7-9-34-10-8-29)16-12-19(23(26)28-13-16)14-1-2-18-15(11-14)5-6-27-24(18)31/h1-4,11-13H,5-10H2,(H2,26,28)(H,27,31). The van der Waals surface area contributed by atoms with Gasteiger partial charge < -0.3 is 20.7 Å². The molecular weight excluding hydrogens is 441 g/mol. The van der Waals surface area contributed by atoms with Gasteiger partial charge in [-0.25, -0.2) is 4.98 Å². The Kier molecular flexibility index (Phi) is 5.58. The molecule has 1 saturated heterocycles. The lowest BCUT2D eigenvalue weighted by Gasteiger charge is -2.28. The number of nitro benzene ring substituents is 1. The van der Waals surface area contributed by atoms with E-state index >= 15 is 4.39 Å². The third-order valence-electron chi connectivity index (χ3n) is 6.20. The Morgan fingerprint density at radius 3 is 2.62 bits per heavy atom. The van der Waals surface area contributed by atoms with Crippen molar-refractivity contribution in [1.29, 1.82) is 0 Å². The van der Waals surface area contributed by atoms with E-state index in [-0.39, 0.29) is 23.0 Å². The third-order valence-corrected chi connectivity index (χ3v) is 6.20. The minimum atomic E-state index is -0.923. The first kappa shape index (κ1) is 21.8. The van der Waals surface area contributed by atoms with Gasteiger partial charge in [-0.2, -0.15) is 4.39 Å². The van der Waals surface area contributed by atoms with E-state index in [1.807, 2.05) is 6.07 Å². The van der Waals surface area contributed by atoms with Crippen LogP contribution in [-0.4, -0.2) is 48.7 Å². The van der Waals surface area contributed by atoms with E-state index in [1.54, 1.807) is 29.2 Å². The molecule has 0 bridgehead atoms. The second-order valence-electron chi connectivity index (χ2n) is 8.19. The maximum atomic E-state index is 15.5. The van der Waals surface area contributed by atoms with E-state index in [9.17, 15) is 14.9 Å². The number of nitrogen functional groups attached to an aromatic ring is 1. The van der Waals surface area contributed by atoms with Gasteiger partial charge in [0, 0.05) is 48.1 Å². The van der Waals surface area contributed by atoms with E-state index in [0.29, 0.717) is 56.0 Å². The zero-order valence-electron chi connectivity index (χ0n) is 18.2. The van der Waals surface area contributed by atoms with Crippen molar-refractivity contribution < 1.29 is 18.8 Å². The van der Waals surface area contributed by atoms with Gasteiger partial charge in [-0.15, -0.1) is 0 Å². The van der Waals surface area contributed by atoms with E-state index < -0.39 is 16.4 Å². The monoisotopic (exact) mass is 463 g/mol. The number of hydrogen-bond donors (Lipinski definition) is 2. The zero-order chi connectivity index (χ0) is 23.8. The fourth-order valence-electron chi connectivity index (χ4n) is 4.46.